The Balaban J connectivity index is 1.77. The van der Waals surface area contributed by atoms with E-state index >= 15 is 0 Å². The lowest BCUT2D eigenvalue weighted by Crippen LogP contribution is -2.73. The largest absolute Gasteiger partial charge is 0.376 e. The predicted molar refractivity (Wildman–Crippen MR) is 119 cm³/mol. The van der Waals surface area contributed by atoms with E-state index in [1.807, 2.05) is 0 Å². The summed E-state index contributed by atoms with van der Waals surface area (Å²) in [5.74, 6) is 0. The zero-order valence-corrected chi connectivity index (χ0v) is 19.1. The first-order valence-electron chi connectivity index (χ1n) is 10.6. The fraction of sp³-hybridized carbons (Fsp3) is 0.478. The first-order chi connectivity index (χ1) is 13.3. The van der Waals surface area contributed by atoms with Gasteiger partial charge < -0.3 is 9.47 Å². The van der Waals surface area contributed by atoms with E-state index in [-0.39, 0.29) is 10.4 Å². The van der Waals surface area contributed by atoms with E-state index in [2.05, 4.69) is 67.2 Å². The van der Waals surface area contributed by atoms with Gasteiger partial charge in [-0.2, -0.15) is 0 Å². The Kier molecular flexibility index (Phi) is 5.97. The van der Waals surface area contributed by atoms with Crippen molar-refractivity contribution in [2.24, 2.45) is 0 Å². The van der Waals surface area contributed by atoms with Gasteiger partial charge in [0.05, 0.1) is 20.0 Å². The standard InChI is InChI=1S/C23H32O2Si2/c1-27(21-14-6-3-7-15-21)23(17-9-11-19-25-23)22(16-8-10-18-24-22)26-20-12-4-2-5-13-20/h2-7,12-15,27H,8-11,16-19,26H2,1H3. The number of benzene rings is 2. The zero-order chi connectivity index (χ0) is 18.6. The average molecular weight is 397 g/mol. The molecule has 2 fully saturated rings. The molecule has 3 atom stereocenters. The van der Waals surface area contributed by atoms with Crippen LogP contribution in [0.4, 0.5) is 0 Å². The van der Waals surface area contributed by atoms with Gasteiger partial charge in [0, 0.05) is 13.2 Å². The topological polar surface area (TPSA) is 18.5 Å². The van der Waals surface area contributed by atoms with Gasteiger partial charge in [-0.15, -0.1) is 0 Å². The van der Waals surface area contributed by atoms with E-state index in [9.17, 15) is 0 Å². The number of ether oxygens (including phenoxy) is 2. The van der Waals surface area contributed by atoms with Gasteiger partial charge in [0.15, 0.2) is 0 Å². The van der Waals surface area contributed by atoms with Gasteiger partial charge >= 0.3 is 0 Å². The molecule has 4 heteroatoms. The number of hydrogen-bond acceptors (Lipinski definition) is 2. The minimum Gasteiger partial charge on any atom is -0.376 e. The summed E-state index contributed by atoms with van der Waals surface area (Å²) in [6.45, 7) is 4.32. The molecular formula is C23H32O2Si2. The van der Waals surface area contributed by atoms with Crippen LogP contribution < -0.4 is 10.4 Å². The third kappa shape index (κ3) is 3.73. The molecular weight excluding hydrogens is 364 g/mol. The van der Waals surface area contributed by atoms with Crippen LogP contribution in [0, 0.1) is 0 Å². The fourth-order valence-corrected chi connectivity index (χ4v) is 12.3. The molecule has 27 heavy (non-hydrogen) atoms. The van der Waals surface area contributed by atoms with Gasteiger partial charge in [0.2, 0.25) is 0 Å². The van der Waals surface area contributed by atoms with Crippen molar-refractivity contribution in [2.45, 2.75) is 55.5 Å². The van der Waals surface area contributed by atoms with Gasteiger partial charge in [-0.1, -0.05) is 77.6 Å². The third-order valence-electron chi connectivity index (χ3n) is 6.76. The molecule has 0 amide bonds. The molecule has 2 heterocycles. The summed E-state index contributed by atoms with van der Waals surface area (Å²) in [7, 11) is -2.00. The highest BCUT2D eigenvalue weighted by atomic mass is 28.3. The molecule has 2 aliphatic heterocycles. The second-order valence-electron chi connectivity index (χ2n) is 8.29. The number of hydrogen-bond donors (Lipinski definition) is 0. The Hall–Kier alpha value is -1.21. The second kappa shape index (κ2) is 8.43. The van der Waals surface area contributed by atoms with E-state index in [1.54, 1.807) is 0 Å². The number of rotatable bonds is 5. The molecule has 2 aromatic rings. The van der Waals surface area contributed by atoms with Crippen LogP contribution in [0.3, 0.4) is 0 Å². The predicted octanol–water partition coefficient (Wildman–Crippen LogP) is 2.62. The van der Waals surface area contributed by atoms with Crippen molar-refractivity contribution in [2.75, 3.05) is 13.2 Å². The van der Waals surface area contributed by atoms with Crippen molar-refractivity contribution in [3.8, 4) is 0 Å². The van der Waals surface area contributed by atoms with Gasteiger partial charge in [-0.25, -0.2) is 0 Å². The van der Waals surface area contributed by atoms with E-state index in [0.717, 1.165) is 13.2 Å². The molecule has 0 spiro atoms. The van der Waals surface area contributed by atoms with E-state index in [1.165, 1.54) is 48.9 Å². The molecule has 0 radical (unpaired) electrons. The Labute approximate surface area is 167 Å². The van der Waals surface area contributed by atoms with Crippen molar-refractivity contribution in [3.05, 3.63) is 60.7 Å². The molecule has 2 aromatic carbocycles. The molecule has 2 nitrogen and oxygen atoms in total. The minimum absolute atomic E-state index is 0.0471. The molecule has 3 unspecified atom stereocenters. The van der Waals surface area contributed by atoms with Crippen LogP contribution in [0.2, 0.25) is 6.55 Å². The summed E-state index contributed by atoms with van der Waals surface area (Å²) in [5.41, 5.74) is 0. The smallest absolute Gasteiger partial charge is 0.108 e. The summed E-state index contributed by atoms with van der Waals surface area (Å²) in [4.78, 5) is 0. The van der Waals surface area contributed by atoms with Crippen LogP contribution in [0.5, 0.6) is 0 Å². The van der Waals surface area contributed by atoms with Crippen molar-refractivity contribution < 1.29 is 9.47 Å². The second-order valence-corrected chi connectivity index (χ2v) is 13.6. The Morgan fingerprint density at radius 1 is 0.778 bits per heavy atom. The molecule has 144 valence electrons. The first kappa shape index (κ1) is 19.1. The summed E-state index contributed by atoms with van der Waals surface area (Å²) in [6, 6.07) is 22.3. The van der Waals surface area contributed by atoms with Crippen molar-refractivity contribution in [1.29, 1.82) is 0 Å². The monoisotopic (exact) mass is 396 g/mol. The van der Waals surface area contributed by atoms with E-state index < -0.39 is 18.3 Å². The van der Waals surface area contributed by atoms with Crippen molar-refractivity contribution >= 4 is 28.7 Å². The van der Waals surface area contributed by atoms with Crippen LogP contribution in [-0.4, -0.2) is 42.0 Å². The SMILES string of the molecule is C[SiH](c1ccccc1)C1(C2([SiH2]c3ccccc3)CCCCO2)CCCCO1. The summed E-state index contributed by atoms with van der Waals surface area (Å²) in [6.07, 6.45) is 7.30. The molecule has 0 aromatic heterocycles. The van der Waals surface area contributed by atoms with Gasteiger partial charge in [0.25, 0.3) is 0 Å². The van der Waals surface area contributed by atoms with Gasteiger partial charge in [0.1, 0.15) is 8.80 Å². The Morgan fingerprint density at radius 2 is 1.41 bits per heavy atom. The minimum atomic E-state index is -1.37. The van der Waals surface area contributed by atoms with Crippen molar-refractivity contribution in [3.63, 3.8) is 0 Å². The maximum absolute atomic E-state index is 6.87. The van der Waals surface area contributed by atoms with Gasteiger partial charge in [-0.05, 0) is 38.5 Å². The van der Waals surface area contributed by atoms with Crippen LogP contribution >= 0.6 is 0 Å². The Bertz CT molecular complexity index is 708. The highest BCUT2D eigenvalue weighted by Gasteiger charge is 2.58. The van der Waals surface area contributed by atoms with E-state index in [4.69, 9.17) is 9.47 Å². The molecule has 4 rings (SSSR count). The maximum atomic E-state index is 6.87. The highest BCUT2D eigenvalue weighted by molar-refractivity contribution is 6.77. The van der Waals surface area contributed by atoms with E-state index in [0.29, 0.717) is 0 Å². The van der Waals surface area contributed by atoms with Crippen LogP contribution in [0.15, 0.2) is 60.7 Å². The zero-order valence-electron chi connectivity index (χ0n) is 16.5. The van der Waals surface area contributed by atoms with Crippen LogP contribution in [0.25, 0.3) is 0 Å². The lowest BCUT2D eigenvalue weighted by atomic mass is 9.96. The molecule has 0 N–H and O–H groups in total. The highest BCUT2D eigenvalue weighted by Crippen LogP contribution is 2.44. The fourth-order valence-electron chi connectivity index (χ4n) is 5.32. The first-order valence-corrected chi connectivity index (χ1v) is 14.3. The molecule has 0 bridgehead atoms. The maximum Gasteiger partial charge on any atom is 0.108 e. The molecule has 2 aliphatic rings. The molecule has 0 saturated carbocycles. The lowest BCUT2D eigenvalue weighted by molar-refractivity contribution is -0.161. The molecule has 0 aliphatic carbocycles. The lowest BCUT2D eigenvalue weighted by Gasteiger charge is -2.56. The van der Waals surface area contributed by atoms with Crippen LogP contribution in [0.1, 0.15) is 38.5 Å². The summed E-state index contributed by atoms with van der Waals surface area (Å²) >= 11 is 0. The van der Waals surface area contributed by atoms with Crippen LogP contribution in [-0.2, 0) is 9.47 Å². The molecule has 2 saturated heterocycles. The summed E-state index contributed by atoms with van der Waals surface area (Å²) in [5, 5.41) is 2.93. The normalized spacial score (nSPS) is 30.4. The quantitative estimate of drug-likeness (QED) is 0.724. The Morgan fingerprint density at radius 3 is 2.00 bits per heavy atom. The van der Waals surface area contributed by atoms with Gasteiger partial charge in [-0.3, -0.25) is 0 Å². The van der Waals surface area contributed by atoms with Crippen molar-refractivity contribution in [1.82, 2.24) is 0 Å². The average Bonchev–Trinajstić information content (AvgIpc) is 2.75. The third-order valence-corrected chi connectivity index (χ3v) is 13.5. The summed E-state index contributed by atoms with van der Waals surface area (Å²) < 4.78 is 13.7.